The lowest BCUT2D eigenvalue weighted by molar-refractivity contribution is -0.139. The Balaban J connectivity index is 2.01. The number of hydrogen-bond donors (Lipinski definition) is 1. The maximum Gasteiger partial charge on any atom is 0.264 e. The maximum absolute atomic E-state index is 13.8. The molecule has 1 N–H and O–H groups in total. The average Bonchev–Trinajstić information content (AvgIpc) is 2.95. The molecule has 11 heteroatoms. The number of carbonyl (C=O) groups is 2. The van der Waals surface area contributed by atoms with E-state index in [2.05, 4.69) is 5.32 Å². The lowest BCUT2D eigenvalue weighted by Gasteiger charge is -2.32. The van der Waals surface area contributed by atoms with Crippen molar-refractivity contribution in [2.75, 3.05) is 18.0 Å². The normalized spacial score (nSPS) is 12.8. The van der Waals surface area contributed by atoms with Crippen molar-refractivity contribution in [1.82, 2.24) is 10.2 Å². The predicted molar refractivity (Wildman–Crippen MR) is 148 cm³/mol. The smallest absolute Gasteiger partial charge is 0.264 e. The van der Waals surface area contributed by atoms with E-state index >= 15 is 0 Å². The van der Waals surface area contributed by atoms with Crippen LogP contribution in [0, 0.1) is 11.6 Å². The van der Waals surface area contributed by atoms with Gasteiger partial charge < -0.3 is 15.0 Å². The van der Waals surface area contributed by atoms with Crippen LogP contribution < -0.4 is 14.4 Å². The summed E-state index contributed by atoms with van der Waals surface area (Å²) < 4.78 is 60.7. The minimum Gasteiger partial charge on any atom is -0.497 e. The summed E-state index contributed by atoms with van der Waals surface area (Å²) in [7, 11) is -2.86. The number of sulfonamides is 1. The van der Waals surface area contributed by atoms with Gasteiger partial charge in [0.2, 0.25) is 11.8 Å². The fraction of sp³-hybridized carbons (Fsp3) is 0.310. The Bertz CT molecular complexity index is 1400. The van der Waals surface area contributed by atoms with Crippen LogP contribution in [0.15, 0.2) is 77.7 Å². The number of ether oxygens (including phenoxy) is 1. The number of halogens is 2. The molecule has 0 aromatic heterocycles. The van der Waals surface area contributed by atoms with Gasteiger partial charge in [0.05, 0.1) is 17.7 Å². The topological polar surface area (TPSA) is 96.0 Å². The second-order valence-electron chi connectivity index (χ2n) is 9.31. The number of methoxy groups -OCH3 is 1. The molecule has 214 valence electrons. The minimum absolute atomic E-state index is 0.0593. The van der Waals surface area contributed by atoms with E-state index in [1.165, 1.54) is 72.7 Å². The molecule has 0 bridgehead atoms. The van der Waals surface area contributed by atoms with Gasteiger partial charge >= 0.3 is 0 Å². The summed E-state index contributed by atoms with van der Waals surface area (Å²) >= 11 is 0. The summed E-state index contributed by atoms with van der Waals surface area (Å²) in [6.45, 7) is 4.52. The molecule has 0 aliphatic carbocycles. The van der Waals surface area contributed by atoms with E-state index < -0.39 is 46.1 Å². The highest BCUT2D eigenvalue weighted by atomic mass is 32.2. The van der Waals surface area contributed by atoms with Crippen molar-refractivity contribution < 1.29 is 31.5 Å². The van der Waals surface area contributed by atoms with E-state index in [-0.39, 0.29) is 23.2 Å². The molecule has 3 aromatic carbocycles. The zero-order valence-corrected chi connectivity index (χ0v) is 23.6. The number of nitrogens with zero attached hydrogens (tertiary/aromatic N) is 2. The van der Waals surface area contributed by atoms with Crippen molar-refractivity contribution in [3.05, 3.63) is 90.0 Å². The number of hydrogen-bond acceptors (Lipinski definition) is 5. The van der Waals surface area contributed by atoms with Crippen molar-refractivity contribution in [1.29, 1.82) is 0 Å². The van der Waals surface area contributed by atoms with Gasteiger partial charge in [-0.1, -0.05) is 19.1 Å². The Morgan fingerprint density at radius 3 is 1.98 bits per heavy atom. The SMILES string of the molecule is CC[C@@H](C)NC(=O)[C@H](C)N(Cc1ccc(F)cc1)C(=O)CN(c1ccc(F)cc1)S(=O)(=O)c1ccc(OC)cc1. The molecule has 0 unspecified atom stereocenters. The van der Waals surface area contributed by atoms with Crippen molar-refractivity contribution in [2.45, 2.75) is 50.7 Å². The molecule has 0 aliphatic heterocycles. The van der Waals surface area contributed by atoms with Crippen LogP contribution in [0.3, 0.4) is 0 Å². The standard InChI is InChI=1S/C29H33F2N3O5S/c1-5-20(2)32-29(36)21(3)33(18-22-6-8-23(30)9-7-22)28(35)19-34(25-12-10-24(31)11-13-25)40(37,38)27-16-14-26(39-4)15-17-27/h6-17,20-21H,5,18-19H2,1-4H3,(H,32,36)/t20-,21+/m1/s1. The number of anilines is 1. The molecule has 0 radical (unpaired) electrons. The number of benzene rings is 3. The Labute approximate surface area is 233 Å². The molecule has 3 rings (SSSR count). The molecular formula is C29H33F2N3O5S. The Kier molecular flexibility index (Phi) is 10.2. The van der Waals surface area contributed by atoms with E-state index in [4.69, 9.17) is 4.74 Å². The lowest BCUT2D eigenvalue weighted by Crippen LogP contribution is -2.52. The van der Waals surface area contributed by atoms with Gasteiger partial charge in [0.1, 0.15) is 30.0 Å². The monoisotopic (exact) mass is 573 g/mol. The van der Waals surface area contributed by atoms with Crippen LogP contribution in [0.5, 0.6) is 5.75 Å². The molecule has 40 heavy (non-hydrogen) atoms. The molecule has 2 atom stereocenters. The Morgan fingerprint density at radius 1 is 0.900 bits per heavy atom. The lowest BCUT2D eigenvalue weighted by atomic mass is 10.1. The first-order valence-electron chi connectivity index (χ1n) is 12.7. The summed E-state index contributed by atoms with van der Waals surface area (Å²) in [6, 6.07) is 14.6. The number of amides is 2. The van der Waals surface area contributed by atoms with E-state index in [0.29, 0.717) is 17.7 Å². The van der Waals surface area contributed by atoms with Gasteiger partial charge in [0, 0.05) is 12.6 Å². The summed E-state index contributed by atoms with van der Waals surface area (Å²) in [5, 5.41) is 2.84. The van der Waals surface area contributed by atoms with Crippen molar-refractivity contribution >= 4 is 27.5 Å². The predicted octanol–water partition coefficient (Wildman–Crippen LogP) is 4.50. The molecule has 0 spiro atoms. The molecule has 0 saturated carbocycles. The molecule has 0 saturated heterocycles. The largest absolute Gasteiger partial charge is 0.497 e. The number of carbonyl (C=O) groups excluding carboxylic acids is 2. The van der Waals surface area contributed by atoms with E-state index in [1.807, 2.05) is 13.8 Å². The first-order chi connectivity index (χ1) is 19.0. The van der Waals surface area contributed by atoms with Gasteiger partial charge in [-0.2, -0.15) is 0 Å². The van der Waals surface area contributed by atoms with Crippen LogP contribution in [0.25, 0.3) is 0 Å². The summed E-state index contributed by atoms with van der Waals surface area (Å²) in [4.78, 5) is 28.0. The van der Waals surface area contributed by atoms with Crippen LogP contribution in [-0.2, 0) is 26.2 Å². The quantitative estimate of drug-likeness (QED) is 0.344. The minimum atomic E-state index is -4.31. The zero-order chi connectivity index (χ0) is 29.4. The van der Waals surface area contributed by atoms with Crippen LogP contribution in [0.2, 0.25) is 0 Å². The van der Waals surface area contributed by atoms with Gasteiger partial charge in [0.15, 0.2) is 0 Å². The highest BCUT2D eigenvalue weighted by molar-refractivity contribution is 7.92. The van der Waals surface area contributed by atoms with Crippen LogP contribution in [-0.4, -0.2) is 50.9 Å². The Hall–Kier alpha value is -3.99. The third kappa shape index (κ3) is 7.56. The first-order valence-corrected chi connectivity index (χ1v) is 14.2. The average molecular weight is 574 g/mol. The molecule has 0 fully saturated rings. The molecule has 3 aromatic rings. The van der Waals surface area contributed by atoms with Crippen LogP contribution >= 0.6 is 0 Å². The van der Waals surface area contributed by atoms with Gasteiger partial charge in [-0.25, -0.2) is 17.2 Å². The fourth-order valence-electron chi connectivity index (χ4n) is 3.85. The molecule has 8 nitrogen and oxygen atoms in total. The van der Waals surface area contributed by atoms with E-state index in [0.717, 1.165) is 16.4 Å². The summed E-state index contributed by atoms with van der Waals surface area (Å²) in [5.41, 5.74) is 0.605. The second kappa shape index (κ2) is 13.4. The zero-order valence-electron chi connectivity index (χ0n) is 22.8. The van der Waals surface area contributed by atoms with Gasteiger partial charge in [-0.15, -0.1) is 0 Å². The maximum atomic E-state index is 13.8. The fourth-order valence-corrected chi connectivity index (χ4v) is 5.26. The van der Waals surface area contributed by atoms with Crippen molar-refractivity contribution in [3.63, 3.8) is 0 Å². The van der Waals surface area contributed by atoms with Gasteiger partial charge in [-0.3, -0.25) is 13.9 Å². The molecule has 2 amide bonds. The highest BCUT2D eigenvalue weighted by Gasteiger charge is 2.33. The van der Waals surface area contributed by atoms with Crippen LogP contribution in [0.4, 0.5) is 14.5 Å². The third-order valence-corrected chi connectivity index (χ3v) is 8.26. The summed E-state index contributed by atoms with van der Waals surface area (Å²) in [5.74, 6) is -1.70. The van der Waals surface area contributed by atoms with Crippen molar-refractivity contribution in [2.24, 2.45) is 0 Å². The Morgan fingerprint density at radius 2 is 1.45 bits per heavy atom. The first kappa shape index (κ1) is 30.6. The van der Waals surface area contributed by atoms with E-state index in [1.54, 1.807) is 6.92 Å². The third-order valence-electron chi connectivity index (χ3n) is 6.48. The van der Waals surface area contributed by atoms with Gasteiger partial charge in [0.25, 0.3) is 10.0 Å². The summed E-state index contributed by atoms with van der Waals surface area (Å²) in [6.07, 6.45) is 0.669. The molecule has 0 aliphatic rings. The number of rotatable bonds is 12. The van der Waals surface area contributed by atoms with E-state index in [9.17, 15) is 26.8 Å². The number of nitrogens with one attached hydrogen (secondary N) is 1. The second-order valence-corrected chi connectivity index (χ2v) is 11.2. The van der Waals surface area contributed by atoms with Crippen molar-refractivity contribution in [3.8, 4) is 5.75 Å². The molecule has 0 heterocycles. The van der Waals surface area contributed by atoms with Crippen LogP contribution in [0.1, 0.15) is 32.8 Å². The highest BCUT2D eigenvalue weighted by Crippen LogP contribution is 2.26. The van der Waals surface area contributed by atoms with Gasteiger partial charge in [-0.05, 0) is 86.5 Å². The molecular weight excluding hydrogens is 540 g/mol.